The number of ether oxygens (including phenoxy) is 1. The van der Waals surface area contributed by atoms with E-state index in [0.717, 1.165) is 104 Å². The Morgan fingerprint density at radius 2 is 1.95 bits per heavy atom. The van der Waals surface area contributed by atoms with Gasteiger partial charge in [0.05, 0.1) is 5.52 Å². The van der Waals surface area contributed by atoms with Gasteiger partial charge in [-0.2, -0.15) is 11.4 Å². The van der Waals surface area contributed by atoms with Gasteiger partial charge in [-0.3, -0.25) is 9.69 Å². The standard InChI is InChI=1S/C31H37N5O2S/c1-22(37)38-31-26-8-9-29-28(19-26)33-34-36(29)14-3-2-12-32-13-4-5-23-6-7-25-10-15-35(21-27(25)17-23)20-24-11-16-39-30(31)18-24/h6-9,11,16-19,31-32,39H,2-5,10,12-15,20-21H2,1H3. The van der Waals surface area contributed by atoms with Gasteiger partial charge in [0.15, 0.2) is 6.10 Å². The molecule has 4 aliphatic rings. The number of aromatic nitrogens is 3. The lowest BCUT2D eigenvalue weighted by atomic mass is 9.95. The van der Waals surface area contributed by atoms with Crippen LogP contribution in [0, 0.1) is 0 Å². The molecule has 2 atom stereocenters. The molecule has 0 saturated carbocycles. The van der Waals surface area contributed by atoms with Crippen molar-refractivity contribution in [2.24, 2.45) is 0 Å². The highest BCUT2D eigenvalue weighted by Crippen LogP contribution is 2.29. The second-order valence-corrected chi connectivity index (χ2v) is 11.8. The summed E-state index contributed by atoms with van der Waals surface area (Å²) in [5, 5.41) is 14.6. The van der Waals surface area contributed by atoms with Crippen molar-refractivity contribution in [1.82, 2.24) is 25.2 Å². The number of fused-ring (bicyclic) bond motifs is 8. The maximum Gasteiger partial charge on any atom is 0.303 e. The molecule has 3 aromatic rings. The first-order valence-electron chi connectivity index (χ1n) is 14.1. The lowest BCUT2D eigenvalue weighted by Gasteiger charge is -2.30. The number of aryl methyl sites for hydroxylation is 2. The molecule has 204 valence electrons. The average Bonchev–Trinajstić information content (AvgIpc) is 3.34. The van der Waals surface area contributed by atoms with Crippen LogP contribution in [0.3, 0.4) is 0 Å². The number of hydrogen-bond acceptors (Lipinski definition) is 6. The van der Waals surface area contributed by atoms with Crippen molar-refractivity contribution in [2.75, 3.05) is 26.2 Å². The van der Waals surface area contributed by atoms with Gasteiger partial charge in [0, 0.05) is 38.0 Å². The van der Waals surface area contributed by atoms with Crippen LogP contribution in [0.5, 0.6) is 0 Å². The van der Waals surface area contributed by atoms with Gasteiger partial charge in [-0.05, 0) is 96.6 Å². The van der Waals surface area contributed by atoms with Crippen molar-refractivity contribution in [2.45, 2.75) is 58.2 Å². The molecular formula is C31H37N5O2S. The summed E-state index contributed by atoms with van der Waals surface area (Å²) in [6, 6.07) is 13.2. The summed E-state index contributed by atoms with van der Waals surface area (Å²) in [4.78, 5) is 15.8. The molecule has 39 heavy (non-hydrogen) atoms. The second-order valence-electron chi connectivity index (χ2n) is 10.8. The number of esters is 1. The fourth-order valence-corrected chi connectivity index (χ4v) is 6.81. The molecule has 0 fully saturated rings. The molecule has 5 heterocycles. The van der Waals surface area contributed by atoms with Crippen molar-refractivity contribution in [3.63, 3.8) is 0 Å². The molecule has 1 N–H and O–H groups in total. The molecule has 8 heteroatoms. The molecule has 1 aromatic heterocycles. The Morgan fingerprint density at radius 3 is 2.87 bits per heavy atom. The van der Waals surface area contributed by atoms with Gasteiger partial charge in [0.1, 0.15) is 5.52 Å². The predicted octanol–water partition coefficient (Wildman–Crippen LogP) is 4.50. The largest absolute Gasteiger partial charge is 0.452 e. The molecule has 0 aliphatic carbocycles. The minimum Gasteiger partial charge on any atom is -0.452 e. The van der Waals surface area contributed by atoms with E-state index in [1.54, 1.807) is 0 Å². The summed E-state index contributed by atoms with van der Waals surface area (Å²) < 4.78 is 7.89. The molecule has 0 spiro atoms. The van der Waals surface area contributed by atoms with Crippen molar-refractivity contribution in [1.29, 1.82) is 0 Å². The second kappa shape index (κ2) is 12.0. The Morgan fingerprint density at radius 1 is 1.03 bits per heavy atom. The molecule has 2 aromatic carbocycles. The summed E-state index contributed by atoms with van der Waals surface area (Å²) in [5.74, 6) is -0.287. The summed E-state index contributed by atoms with van der Waals surface area (Å²) in [6.45, 7) is 7.27. The third kappa shape index (κ3) is 6.24. The third-order valence-electron chi connectivity index (χ3n) is 7.80. The van der Waals surface area contributed by atoms with Gasteiger partial charge < -0.3 is 10.1 Å². The van der Waals surface area contributed by atoms with Gasteiger partial charge in [0.25, 0.3) is 0 Å². The maximum atomic E-state index is 12.2. The van der Waals surface area contributed by atoms with Crippen LogP contribution in [0.1, 0.15) is 54.5 Å². The molecule has 4 aliphatic heterocycles. The number of nitrogens with one attached hydrogen (secondary N) is 1. The number of carbonyl (C=O) groups is 1. The Labute approximate surface area is 233 Å². The fourth-order valence-electron chi connectivity index (χ4n) is 5.79. The topological polar surface area (TPSA) is 72.3 Å². The van der Waals surface area contributed by atoms with Crippen LogP contribution in [0.15, 0.2) is 59.5 Å². The molecular weight excluding hydrogens is 506 g/mol. The Bertz CT molecular complexity index is 1460. The number of benzene rings is 2. The first kappa shape index (κ1) is 26.2. The first-order chi connectivity index (χ1) is 19.1. The van der Waals surface area contributed by atoms with Crippen LogP contribution in [0.25, 0.3) is 11.0 Å². The summed E-state index contributed by atoms with van der Waals surface area (Å²) in [6.07, 6.45) is 9.47. The molecule has 7 nitrogen and oxygen atoms in total. The van der Waals surface area contributed by atoms with Crippen molar-refractivity contribution >= 4 is 33.2 Å². The van der Waals surface area contributed by atoms with Crippen molar-refractivity contribution in [3.8, 4) is 0 Å². The predicted molar refractivity (Wildman–Crippen MR) is 159 cm³/mol. The van der Waals surface area contributed by atoms with Gasteiger partial charge in [-0.15, -0.1) is 5.10 Å². The van der Waals surface area contributed by atoms with E-state index < -0.39 is 6.10 Å². The third-order valence-corrected chi connectivity index (χ3v) is 8.76. The average molecular weight is 544 g/mol. The van der Waals surface area contributed by atoms with Gasteiger partial charge in [-0.1, -0.05) is 35.6 Å². The van der Waals surface area contributed by atoms with Gasteiger partial charge >= 0.3 is 5.97 Å². The first-order valence-corrected chi connectivity index (χ1v) is 15.1. The van der Waals surface area contributed by atoms with Crippen LogP contribution in [-0.2, 0) is 35.5 Å². The molecule has 0 amide bonds. The van der Waals surface area contributed by atoms with E-state index in [1.807, 2.05) is 10.7 Å². The van der Waals surface area contributed by atoms with Gasteiger partial charge in [0.2, 0.25) is 0 Å². The van der Waals surface area contributed by atoms with E-state index in [9.17, 15) is 4.79 Å². The quantitative estimate of drug-likeness (QED) is 0.268. The zero-order valence-electron chi connectivity index (χ0n) is 22.6. The highest BCUT2D eigenvalue weighted by molar-refractivity contribution is 8.01. The van der Waals surface area contributed by atoms with Crippen LogP contribution >= 0.6 is 11.4 Å². The highest BCUT2D eigenvalue weighted by Gasteiger charge is 2.23. The lowest BCUT2D eigenvalue weighted by molar-refractivity contribution is -0.143. The van der Waals surface area contributed by atoms with Crippen LogP contribution in [0.2, 0.25) is 0 Å². The minimum absolute atomic E-state index is 0.287. The zero-order valence-corrected chi connectivity index (χ0v) is 23.5. The normalized spacial score (nSPS) is 22.3. The number of carbonyl (C=O) groups excluding carboxylic acids is 1. The molecule has 0 saturated heterocycles. The minimum atomic E-state index is -0.448. The van der Waals surface area contributed by atoms with E-state index >= 15 is 0 Å². The summed E-state index contributed by atoms with van der Waals surface area (Å²) in [7, 11) is 0. The lowest BCUT2D eigenvalue weighted by Crippen LogP contribution is -2.32. The Balaban J connectivity index is 1.30. The molecule has 0 radical (unpaired) electrons. The smallest absolute Gasteiger partial charge is 0.303 e. The monoisotopic (exact) mass is 543 g/mol. The number of hydrogen-bond donors (Lipinski definition) is 2. The van der Waals surface area contributed by atoms with E-state index in [-0.39, 0.29) is 5.97 Å². The van der Waals surface area contributed by atoms with Crippen LogP contribution < -0.4 is 5.32 Å². The summed E-state index contributed by atoms with van der Waals surface area (Å²) >= 11 is 1.04. The van der Waals surface area contributed by atoms with E-state index in [2.05, 4.69) is 68.4 Å². The SMILES string of the molecule is CC(=O)OC1C2=[SH]C=CC(=C2)CN2CCc3ccc(cc3C2)CCCNCCCCn2nnc3cc1ccc32. The Hall–Kier alpha value is -3.07. The number of nitrogens with zero attached hydrogens (tertiary/aromatic N) is 4. The van der Waals surface area contributed by atoms with E-state index in [4.69, 9.17) is 4.74 Å². The number of thiol groups is 1. The highest BCUT2D eigenvalue weighted by atomic mass is 32.1. The van der Waals surface area contributed by atoms with Crippen molar-refractivity contribution < 1.29 is 9.53 Å². The van der Waals surface area contributed by atoms with Crippen molar-refractivity contribution in [3.05, 3.63) is 81.8 Å². The van der Waals surface area contributed by atoms with E-state index in [1.165, 1.54) is 29.2 Å². The zero-order chi connectivity index (χ0) is 26.6. The molecule has 9 bridgehead atoms. The maximum absolute atomic E-state index is 12.2. The van der Waals surface area contributed by atoms with Crippen LogP contribution in [0.4, 0.5) is 0 Å². The van der Waals surface area contributed by atoms with E-state index in [0.29, 0.717) is 0 Å². The van der Waals surface area contributed by atoms with Crippen LogP contribution in [-0.4, -0.2) is 56.9 Å². The number of rotatable bonds is 1. The molecule has 2 unspecified atom stereocenters. The van der Waals surface area contributed by atoms with Gasteiger partial charge in [-0.25, -0.2) is 4.68 Å². The molecule has 7 rings (SSSR count). The fraction of sp³-hybridized carbons (Fsp3) is 0.419. The Kier molecular flexibility index (Phi) is 8.04. The summed E-state index contributed by atoms with van der Waals surface area (Å²) in [5.41, 5.74) is 8.41.